The summed E-state index contributed by atoms with van der Waals surface area (Å²) in [6.45, 7) is 6.82. The molecule has 0 fully saturated rings. The van der Waals surface area contributed by atoms with Gasteiger partial charge in [0.1, 0.15) is 0 Å². The van der Waals surface area contributed by atoms with E-state index in [4.69, 9.17) is 5.11 Å². The van der Waals surface area contributed by atoms with Gasteiger partial charge in [-0.2, -0.15) is 0 Å². The summed E-state index contributed by atoms with van der Waals surface area (Å²) in [6, 6.07) is 4.41. The van der Waals surface area contributed by atoms with E-state index in [-0.39, 0.29) is 6.61 Å². The monoisotopic (exact) mass is 232 g/mol. The Labute approximate surface area is 103 Å². The highest BCUT2D eigenvalue weighted by Crippen LogP contribution is 2.28. The van der Waals surface area contributed by atoms with Crippen LogP contribution in [-0.4, -0.2) is 31.3 Å². The fourth-order valence-electron chi connectivity index (χ4n) is 2.27. The van der Waals surface area contributed by atoms with Crippen LogP contribution in [0.3, 0.4) is 0 Å². The number of nitrogens with one attached hydrogen (secondary N) is 2. The van der Waals surface area contributed by atoms with E-state index < -0.39 is 0 Å². The largest absolute Gasteiger partial charge is 0.395 e. The lowest BCUT2D eigenvalue weighted by Gasteiger charge is -2.21. The summed E-state index contributed by atoms with van der Waals surface area (Å²) in [5.74, 6) is 0. The highest BCUT2D eigenvalue weighted by molar-refractivity contribution is 5.75. The zero-order valence-electron chi connectivity index (χ0n) is 10.5. The SMILES string of the molecule is Cc1cc(C)c2c(c1)C=C(CNCCO)CN2. The Balaban J connectivity index is 2.16. The molecule has 3 heteroatoms. The second-order valence-corrected chi connectivity index (χ2v) is 4.60. The summed E-state index contributed by atoms with van der Waals surface area (Å²) in [4.78, 5) is 0. The lowest BCUT2D eigenvalue weighted by Crippen LogP contribution is -2.25. The molecule has 0 aliphatic carbocycles. The minimum atomic E-state index is 0.190. The highest BCUT2D eigenvalue weighted by atomic mass is 16.3. The summed E-state index contributed by atoms with van der Waals surface area (Å²) in [6.07, 6.45) is 2.25. The minimum Gasteiger partial charge on any atom is -0.395 e. The molecule has 0 bridgehead atoms. The van der Waals surface area contributed by atoms with Crippen LogP contribution in [0.1, 0.15) is 16.7 Å². The Morgan fingerprint density at radius 3 is 2.94 bits per heavy atom. The average Bonchev–Trinajstić information content (AvgIpc) is 2.28. The van der Waals surface area contributed by atoms with E-state index >= 15 is 0 Å². The Morgan fingerprint density at radius 2 is 2.18 bits per heavy atom. The van der Waals surface area contributed by atoms with Gasteiger partial charge in [0.15, 0.2) is 0 Å². The molecular formula is C14H20N2O. The third kappa shape index (κ3) is 2.87. The van der Waals surface area contributed by atoms with Gasteiger partial charge in [0, 0.05) is 25.3 Å². The van der Waals surface area contributed by atoms with Gasteiger partial charge in [-0.25, -0.2) is 0 Å². The molecule has 1 aliphatic heterocycles. The first-order valence-electron chi connectivity index (χ1n) is 6.07. The van der Waals surface area contributed by atoms with Crippen molar-refractivity contribution in [2.24, 2.45) is 0 Å². The molecule has 0 aromatic heterocycles. The van der Waals surface area contributed by atoms with Gasteiger partial charge in [0.2, 0.25) is 0 Å². The number of hydrogen-bond acceptors (Lipinski definition) is 3. The smallest absolute Gasteiger partial charge is 0.0556 e. The van der Waals surface area contributed by atoms with Crippen molar-refractivity contribution in [1.82, 2.24) is 5.32 Å². The van der Waals surface area contributed by atoms with Crippen LogP contribution >= 0.6 is 0 Å². The quantitative estimate of drug-likeness (QED) is 0.692. The summed E-state index contributed by atoms with van der Waals surface area (Å²) >= 11 is 0. The summed E-state index contributed by atoms with van der Waals surface area (Å²) in [5, 5.41) is 15.4. The lowest BCUT2D eigenvalue weighted by atomic mass is 9.98. The van der Waals surface area contributed by atoms with E-state index in [0.29, 0.717) is 6.54 Å². The Kier molecular flexibility index (Phi) is 3.82. The Bertz CT molecular complexity index is 438. The highest BCUT2D eigenvalue weighted by Gasteiger charge is 2.11. The molecule has 92 valence electrons. The molecule has 3 N–H and O–H groups in total. The van der Waals surface area contributed by atoms with Gasteiger partial charge >= 0.3 is 0 Å². The van der Waals surface area contributed by atoms with E-state index in [1.165, 1.54) is 28.0 Å². The van der Waals surface area contributed by atoms with Crippen molar-refractivity contribution in [3.05, 3.63) is 34.4 Å². The number of fused-ring (bicyclic) bond motifs is 1. The number of anilines is 1. The number of aliphatic hydroxyl groups excluding tert-OH is 1. The third-order valence-corrected chi connectivity index (χ3v) is 3.00. The Hall–Kier alpha value is -1.32. The zero-order valence-corrected chi connectivity index (χ0v) is 10.5. The predicted molar refractivity (Wildman–Crippen MR) is 72.3 cm³/mol. The number of benzene rings is 1. The third-order valence-electron chi connectivity index (χ3n) is 3.00. The summed E-state index contributed by atoms with van der Waals surface area (Å²) < 4.78 is 0. The zero-order chi connectivity index (χ0) is 12.3. The van der Waals surface area contributed by atoms with E-state index in [9.17, 15) is 0 Å². The molecule has 0 unspecified atom stereocenters. The Morgan fingerprint density at radius 1 is 1.35 bits per heavy atom. The first kappa shape index (κ1) is 12.1. The minimum absolute atomic E-state index is 0.190. The van der Waals surface area contributed by atoms with Gasteiger partial charge in [-0.3, -0.25) is 0 Å². The van der Waals surface area contributed by atoms with Crippen LogP contribution in [0.25, 0.3) is 6.08 Å². The van der Waals surface area contributed by atoms with E-state index in [0.717, 1.165) is 13.1 Å². The molecule has 2 rings (SSSR count). The fraction of sp³-hybridized carbons (Fsp3) is 0.429. The van der Waals surface area contributed by atoms with Crippen molar-refractivity contribution >= 4 is 11.8 Å². The summed E-state index contributed by atoms with van der Waals surface area (Å²) in [5.41, 5.74) is 6.45. The van der Waals surface area contributed by atoms with Crippen LogP contribution in [0.5, 0.6) is 0 Å². The molecule has 1 heterocycles. The number of aryl methyl sites for hydroxylation is 2. The maximum Gasteiger partial charge on any atom is 0.0556 e. The molecule has 0 amide bonds. The van der Waals surface area contributed by atoms with E-state index in [1.807, 2.05) is 0 Å². The molecule has 17 heavy (non-hydrogen) atoms. The van der Waals surface area contributed by atoms with Crippen LogP contribution in [-0.2, 0) is 0 Å². The van der Waals surface area contributed by atoms with Crippen molar-refractivity contribution in [3.63, 3.8) is 0 Å². The first-order chi connectivity index (χ1) is 8.20. The maximum absolute atomic E-state index is 8.73. The van der Waals surface area contributed by atoms with Gasteiger partial charge < -0.3 is 15.7 Å². The van der Waals surface area contributed by atoms with Crippen molar-refractivity contribution in [2.75, 3.05) is 31.6 Å². The van der Waals surface area contributed by atoms with Crippen LogP contribution in [0.4, 0.5) is 5.69 Å². The summed E-state index contributed by atoms with van der Waals surface area (Å²) in [7, 11) is 0. The molecule has 0 saturated carbocycles. The van der Waals surface area contributed by atoms with E-state index in [1.54, 1.807) is 0 Å². The van der Waals surface area contributed by atoms with Crippen molar-refractivity contribution < 1.29 is 5.11 Å². The van der Waals surface area contributed by atoms with E-state index in [2.05, 4.69) is 42.7 Å². The van der Waals surface area contributed by atoms with Crippen molar-refractivity contribution in [2.45, 2.75) is 13.8 Å². The second kappa shape index (κ2) is 5.34. The molecule has 1 aromatic carbocycles. The lowest BCUT2D eigenvalue weighted by molar-refractivity contribution is 0.294. The van der Waals surface area contributed by atoms with Crippen LogP contribution in [0.2, 0.25) is 0 Å². The molecule has 0 radical (unpaired) electrons. The van der Waals surface area contributed by atoms with Crippen LogP contribution in [0, 0.1) is 13.8 Å². The normalized spacial score (nSPS) is 13.9. The number of aliphatic hydroxyl groups is 1. The van der Waals surface area contributed by atoms with Gasteiger partial charge in [-0.1, -0.05) is 17.7 Å². The standard InChI is InChI=1S/C14H20N2O/c1-10-5-11(2)14-13(6-10)7-12(9-16-14)8-15-3-4-17/h5-7,15-17H,3-4,8-9H2,1-2H3. The average molecular weight is 232 g/mol. The molecule has 1 aliphatic rings. The topological polar surface area (TPSA) is 44.3 Å². The van der Waals surface area contributed by atoms with Crippen molar-refractivity contribution in [1.29, 1.82) is 0 Å². The fourth-order valence-corrected chi connectivity index (χ4v) is 2.27. The number of rotatable bonds is 4. The van der Waals surface area contributed by atoms with Crippen LogP contribution in [0.15, 0.2) is 17.7 Å². The van der Waals surface area contributed by atoms with Gasteiger partial charge in [0.05, 0.1) is 6.61 Å². The molecule has 0 saturated heterocycles. The molecule has 0 atom stereocenters. The maximum atomic E-state index is 8.73. The van der Waals surface area contributed by atoms with Gasteiger partial charge in [-0.05, 0) is 36.6 Å². The molecular weight excluding hydrogens is 212 g/mol. The first-order valence-corrected chi connectivity index (χ1v) is 6.07. The predicted octanol–water partition coefficient (Wildman–Crippen LogP) is 1.69. The van der Waals surface area contributed by atoms with Crippen LogP contribution < -0.4 is 10.6 Å². The molecule has 0 spiro atoms. The van der Waals surface area contributed by atoms with Gasteiger partial charge in [0.25, 0.3) is 0 Å². The number of hydrogen-bond donors (Lipinski definition) is 3. The second-order valence-electron chi connectivity index (χ2n) is 4.60. The van der Waals surface area contributed by atoms with Gasteiger partial charge in [-0.15, -0.1) is 0 Å². The molecule has 1 aromatic rings. The molecule has 3 nitrogen and oxygen atoms in total. The van der Waals surface area contributed by atoms with Crippen molar-refractivity contribution in [3.8, 4) is 0 Å².